The topological polar surface area (TPSA) is 63.6 Å². The second-order valence-electron chi connectivity index (χ2n) is 6.58. The van der Waals surface area contributed by atoms with Gasteiger partial charge < -0.3 is 9.84 Å². The number of carbonyl (C=O) groups is 2. The van der Waals surface area contributed by atoms with Gasteiger partial charge in [-0.25, -0.2) is 9.59 Å². The lowest BCUT2D eigenvalue weighted by Crippen LogP contribution is -2.10. The molecule has 4 unspecified atom stereocenters. The highest BCUT2D eigenvalue weighted by Gasteiger charge is 2.36. The largest absolute Gasteiger partial charge is 0.478 e. The Labute approximate surface area is 124 Å². The molecular formula is C17H22O4. The van der Waals surface area contributed by atoms with E-state index in [0.717, 1.165) is 18.4 Å². The van der Waals surface area contributed by atoms with E-state index in [9.17, 15) is 9.59 Å². The fraction of sp³-hybridized carbons (Fsp3) is 0.647. The standard InChI is InChI=1S/C9H12O2.C8H10O2/c1-11-9(10)8-5-6-2-3-7(8)4-6;9-8(10)7-4-5-1-2-6(7)3-5/h5-7H,2-4H2,1H3;4-6H,1-3H2,(H,9,10). The van der Waals surface area contributed by atoms with Crippen LogP contribution < -0.4 is 0 Å². The molecule has 4 heteroatoms. The van der Waals surface area contributed by atoms with Crippen molar-refractivity contribution in [2.75, 3.05) is 7.11 Å². The number of carboxylic acids is 1. The van der Waals surface area contributed by atoms with Gasteiger partial charge in [-0.05, 0) is 62.2 Å². The zero-order valence-electron chi connectivity index (χ0n) is 12.4. The van der Waals surface area contributed by atoms with Crippen LogP contribution in [0.15, 0.2) is 23.3 Å². The first kappa shape index (κ1) is 14.4. The summed E-state index contributed by atoms with van der Waals surface area (Å²) in [7, 11) is 1.45. The Kier molecular flexibility index (Phi) is 3.87. The third-order valence-corrected chi connectivity index (χ3v) is 5.32. The first-order chi connectivity index (χ1) is 10.1. The van der Waals surface area contributed by atoms with Gasteiger partial charge in [0, 0.05) is 11.1 Å². The molecule has 4 atom stereocenters. The molecule has 4 rings (SSSR count). The van der Waals surface area contributed by atoms with Crippen LogP contribution in [0.2, 0.25) is 0 Å². The zero-order valence-corrected chi connectivity index (χ0v) is 12.4. The van der Waals surface area contributed by atoms with Gasteiger partial charge in [0.25, 0.3) is 0 Å². The molecule has 0 heterocycles. The molecule has 114 valence electrons. The van der Waals surface area contributed by atoms with E-state index in [1.165, 1.54) is 32.8 Å². The smallest absolute Gasteiger partial charge is 0.333 e. The number of carbonyl (C=O) groups excluding carboxylic acids is 1. The van der Waals surface area contributed by atoms with Crippen LogP contribution in [0.4, 0.5) is 0 Å². The summed E-state index contributed by atoms with van der Waals surface area (Å²) in [6.07, 6.45) is 11.1. The van der Waals surface area contributed by atoms with Crippen LogP contribution >= 0.6 is 0 Å². The highest BCUT2D eigenvalue weighted by Crippen LogP contribution is 2.44. The fourth-order valence-corrected chi connectivity index (χ4v) is 4.28. The Hall–Kier alpha value is -1.58. The van der Waals surface area contributed by atoms with Crippen molar-refractivity contribution in [2.45, 2.75) is 38.5 Å². The van der Waals surface area contributed by atoms with Crippen LogP contribution in [0.5, 0.6) is 0 Å². The normalized spacial score (nSPS) is 34.9. The van der Waals surface area contributed by atoms with Crippen LogP contribution in [0.1, 0.15) is 38.5 Å². The van der Waals surface area contributed by atoms with Gasteiger partial charge in [0.05, 0.1) is 7.11 Å². The van der Waals surface area contributed by atoms with Crippen LogP contribution in [-0.4, -0.2) is 24.2 Å². The van der Waals surface area contributed by atoms with Crippen molar-refractivity contribution in [3.05, 3.63) is 23.3 Å². The Morgan fingerprint density at radius 1 is 1.00 bits per heavy atom. The van der Waals surface area contributed by atoms with Crippen molar-refractivity contribution >= 4 is 11.9 Å². The molecule has 1 N–H and O–H groups in total. The van der Waals surface area contributed by atoms with Crippen molar-refractivity contribution in [3.63, 3.8) is 0 Å². The number of rotatable bonds is 2. The van der Waals surface area contributed by atoms with Gasteiger partial charge in [-0.3, -0.25) is 0 Å². The molecule has 4 nitrogen and oxygen atoms in total. The van der Waals surface area contributed by atoms with Gasteiger partial charge in [0.2, 0.25) is 0 Å². The minimum absolute atomic E-state index is 0.114. The van der Waals surface area contributed by atoms with E-state index in [0.29, 0.717) is 29.2 Å². The van der Waals surface area contributed by atoms with E-state index >= 15 is 0 Å². The van der Waals surface area contributed by atoms with Crippen LogP contribution in [0.3, 0.4) is 0 Å². The molecule has 2 fully saturated rings. The number of fused-ring (bicyclic) bond motifs is 4. The van der Waals surface area contributed by atoms with Gasteiger partial charge in [0.15, 0.2) is 0 Å². The van der Waals surface area contributed by atoms with Crippen LogP contribution in [0, 0.1) is 23.7 Å². The molecule has 4 aliphatic carbocycles. The number of carboxylic acid groups (broad SMARTS) is 1. The number of hydrogen-bond acceptors (Lipinski definition) is 3. The minimum atomic E-state index is -0.702. The predicted molar refractivity (Wildman–Crippen MR) is 77.5 cm³/mol. The highest BCUT2D eigenvalue weighted by molar-refractivity contribution is 5.89. The quantitative estimate of drug-likeness (QED) is 0.794. The van der Waals surface area contributed by atoms with Crippen LogP contribution in [-0.2, 0) is 14.3 Å². The number of hydrogen-bond donors (Lipinski definition) is 1. The van der Waals surface area contributed by atoms with E-state index in [2.05, 4.69) is 10.8 Å². The number of esters is 1. The lowest BCUT2D eigenvalue weighted by atomic mass is 9.99. The minimum Gasteiger partial charge on any atom is -0.478 e. The lowest BCUT2D eigenvalue weighted by Gasteiger charge is -2.09. The highest BCUT2D eigenvalue weighted by atomic mass is 16.5. The third kappa shape index (κ3) is 2.76. The molecule has 0 radical (unpaired) electrons. The summed E-state index contributed by atoms with van der Waals surface area (Å²) in [4.78, 5) is 21.6. The second kappa shape index (κ2) is 5.66. The third-order valence-electron chi connectivity index (χ3n) is 5.32. The predicted octanol–water partition coefficient (Wildman–Crippen LogP) is 2.94. The number of aliphatic carboxylic acids is 1. The molecule has 0 aromatic carbocycles. The maximum absolute atomic E-state index is 11.1. The summed E-state index contributed by atoms with van der Waals surface area (Å²) in [5.41, 5.74) is 1.61. The molecule has 0 spiro atoms. The molecular weight excluding hydrogens is 268 g/mol. The van der Waals surface area contributed by atoms with E-state index in [1.807, 2.05) is 6.08 Å². The summed E-state index contributed by atoms with van der Waals surface area (Å²) >= 11 is 0. The molecule has 21 heavy (non-hydrogen) atoms. The van der Waals surface area contributed by atoms with E-state index < -0.39 is 5.97 Å². The Morgan fingerprint density at radius 2 is 1.52 bits per heavy atom. The number of ether oxygens (including phenoxy) is 1. The molecule has 0 amide bonds. The van der Waals surface area contributed by atoms with Crippen LogP contribution in [0.25, 0.3) is 0 Å². The maximum Gasteiger partial charge on any atom is 0.333 e. The SMILES string of the molecule is COC(=O)C1=CC2CCC1C2.O=C(O)C1=CC2CCC1C2. The Morgan fingerprint density at radius 3 is 1.81 bits per heavy atom. The molecule has 4 aliphatic rings. The number of methoxy groups -OCH3 is 1. The van der Waals surface area contributed by atoms with Gasteiger partial charge in [0.1, 0.15) is 0 Å². The first-order valence-corrected chi connectivity index (χ1v) is 7.83. The van der Waals surface area contributed by atoms with Crippen molar-refractivity contribution < 1.29 is 19.4 Å². The molecule has 0 aromatic rings. The molecule has 0 saturated heterocycles. The average Bonchev–Trinajstić information content (AvgIpc) is 3.25. The van der Waals surface area contributed by atoms with Gasteiger partial charge in [-0.1, -0.05) is 12.2 Å². The second-order valence-corrected chi connectivity index (χ2v) is 6.58. The van der Waals surface area contributed by atoms with Gasteiger partial charge >= 0.3 is 11.9 Å². The molecule has 0 aliphatic heterocycles. The van der Waals surface area contributed by atoms with Crippen molar-refractivity contribution in [1.82, 2.24) is 0 Å². The molecule has 2 saturated carbocycles. The van der Waals surface area contributed by atoms with E-state index in [-0.39, 0.29) is 5.97 Å². The lowest BCUT2D eigenvalue weighted by molar-refractivity contribution is -0.136. The van der Waals surface area contributed by atoms with E-state index in [1.54, 1.807) is 0 Å². The fourth-order valence-electron chi connectivity index (χ4n) is 4.28. The maximum atomic E-state index is 11.1. The summed E-state index contributed by atoms with van der Waals surface area (Å²) in [6, 6.07) is 0. The van der Waals surface area contributed by atoms with Crippen molar-refractivity contribution in [3.8, 4) is 0 Å². The van der Waals surface area contributed by atoms with Gasteiger partial charge in [-0.2, -0.15) is 0 Å². The Bertz CT molecular complexity index is 517. The van der Waals surface area contributed by atoms with E-state index in [4.69, 9.17) is 5.11 Å². The summed E-state index contributed by atoms with van der Waals surface area (Å²) in [5, 5.41) is 8.67. The first-order valence-electron chi connectivity index (χ1n) is 7.83. The summed E-state index contributed by atoms with van der Waals surface area (Å²) in [5.74, 6) is 1.37. The Balaban J connectivity index is 0.000000126. The monoisotopic (exact) mass is 290 g/mol. The molecule has 0 aromatic heterocycles. The van der Waals surface area contributed by atoms with Gasteiger partial charge in [-0.15, -0.1) is 0 Å². The van der Waals surface area contributed by atoms with Crippen molar-refractivity contribution in [2.24, 2.45) is 23.7 Å². The zero-order chi connectivity index (χ0) is 15.0. The number of allylic oxidation sites excluding steroid dienone is 2. The summed E-state index contributed by atoms with van der Waals surface area (Å²) < 4.78 is 4.68. The average molecular weight is 290 g/mol. The van der Waals surface area contributed by atoms with Crippen molar-refractivity contribution in [1.29, 1.82) is 0 Å². The summed E-state index contributed by atoms with van der Waals surface area (Å²) in [6.45, 7) is 0. The molecule has 4 bridgehead atoms.